The molecule has 6 heteroatoms. The van der Waals surface area contributed by atoms with Crippen molar-refractivity contribution in [3.8, 4) is 0 Å². The average molecular weight is 214 g/mol. The zero-order chi connectivity index (χ0) is 10.6. The first kappa shape index (κ1) is 10.6. The Labute approximate surface area is 84.8 Å². The lowest BCUT2D eigenvalue weighted by atomic mass is 10.2. The molecule has 5 nitrogen and oxygen atoms in total. The molecule has 0 radical (unpaired) electrons. The highest BCUT2D eigenvalue weighted by molar-refractivity contribution is 7.09. The molecule has 1 amide bonds. The maximum absolute atomic E-state index is 10.8. The van der Waals surface area contributed by atoms with Gasteiger partial charge in [-0.05, 0) is 0 Å². The Morgan fingerprint density at radius 2 is 2.43 bits per heavy atom. The second kappa shape index (κ2) is 4.71. The van der Waals surface area contributed by atoms with E-state index in [4.69, 9.17) is 5.11 Å². The molecule has 0 unspecified atom stereocenters. The number of rotatable bonds is 4. The first-order chi connectivity index (χ1) is 6.59. The smallest absolute Gasteiger partial charge is 0.305 e. The summed E-state index contributed by atoms with van der Waals surface area (Å²) in [5, 5.41) is 11.2. The molecule has 0 fully saturated rings. The normalized spacial score (nSPS) is 12.1. The molecule has 0 saturated heterocycles. The maximum atomic E-state index is 10.8. The fraction of sp³-hybridized carbons (Fsp3) is 0.375. The zero-order valence-corrected chi connectivity index (χ0v) is 8.37. The van der Waals surface area contributed by atoms with Gasteiger partial charge in [-0.3, -0.25) is 14.6 Å². The molecule has 0 spiro atoms. The molecule has 0 aromatic carbocycles. The highest BCUT2D eigenvalue weighted by atomic mass is 32.1. The van der Waals surface area contributed by atoms with Crippen molar-refractivity contribution < 1.29 is 14.7 Å². The lowest BCUT2D eigenvalue weighted by molar-refractivity contribution is -0.137. The Morgan fingerprint density at radius 3 is 2.86 bits per heavy atom. The average Bonchev–Trinajstić information content (AvgIpc) is 2.52. The summed E-state index contributed by atoms with van der Waals surface area (Å²) in [5.41, 5.74) is 1.60. The predicted octanol–water partition coefficient (Wildman–Crippen LogP) is 0.795. The zero-order valence-electron chi connectivity index (χ0n) is 7.56. The van der Waals surface area contributed by atoms with Gasteiger partial charge in [0.1, 0.15) is 0 Å². The van der Waals surface area contributed by atoms with E-state index in [2.05, 4.69) is 10.3 Å². The van der Waals surface area contributed by atoms with E-state index in [0.29, 0.717) is 0 Å². The van der Waals surface area contributed by atoms with Gasteiger partial charge in [0.25, 0.3) is 0 Å². The second-order valence-electron chi connectivity index (χ2n) is 2.75. The third-order valence-corrected chi connectivity index (χ3v) is 2.44. The molecule has 76 valence electrons. The number of nitrogens with zero attached hydrogens (tertiary/aromatic N) is 1. The number of amides is 1. The van der Waals surface area contributed by atoms with Gasteiger partial charge in [-0.2, -0.15) is 0 Å². The van der Waals surface area contributed by atoms with Crippen molar-refractivity contribution in [3.05, 3.63) is 16.6 Å². The number of carboxylic acid groups (broad SMARTS) is 1. The van der Waals surface area contributed by atoms with Gasteiger partial charge >= 0.3 is 5.97 Å². The van der Waals surface area contributed by atoms with Crippen LogP contribution in [-0.4, -0.2) is 22.0 Å². The summed E-state index contributed by atoms with van der Waals surface area (Å²) < 4.78 is 0. The van der Waals surface area contributed by atoms with Gasteiger partial charge in [0.15, 0.2) is 0 Å². The number of hydrogen-bond acceptors (Lipinski definition) is 4. The molecule has 0 aliphatic rings. The molecular formula is C8H10N2O3S. The maximum Gasteiger partial charge on any atom is 0.305 e. The SMILES string of the molecule is CC(=O)N[C@@H](CC(=O)O)c1cncs1. The molecule has 2 N–H and O–H groups in total. The van der Waals surface area contributed by atoms with Crippen LogP contribution in [0.1, 0.15) is 24.3 Å². The van der Waals surface area contributed by atoms with Crippen LogP contribution in [0.25, 0.3) is 0 Å². The third kappa shape index (κ3) is 3.14. The van der Waals surface area contributed by atoms with Gasteiger partial charge in [-0.25, -0.2) is 0 Å². The molecule has 14 heavy (non-hydrogen) atoms. The van der Waals surface area contributed by atoms with E-state index in [-0.39, 0.29) is 12.3 Å². The molecule has 0 bridgehead atoms. The first-order valence-corrected chi connectivity index (χ1v) is 4.85. The Hall–Kier alpha value is -1.43. The van der Waals surface area contributed by atoms with Crippen LogP contribution in [0.15, 0.2) is 11.7 Å². The van der Waals surface area contributed by atoms with Gasteiger partial charge in [-0.1, -0.05) is 0 Å². The number of thiazole rings is 1. The van der Waals surface area contributed by atoms with Crippen molar-refractivity contribution in [1.82, 2.24) is 10.3 Å². The minimum atomic E-state index is -0.947. The molecule has 0 aliphatic carbocycles. The van der Waals surface area contributed by atoms with E-state index in [1.165, 1.54) is 18.3 Å². The Kier molecular flexibility index (Phi) is 3.58. The number of aromatic nitrogens is 1. The van der Waals surface area contributed by atoms with E-state index in [1.807, 2.05) is 0 Å². The van der Waals surface area contributed by atoms with Gasteiger partial charge < -0.3 is 10.4 Å². The molecule has 1 heterocycles. The van der Waals surface area contributed by atoms with Crippen LogP contribution in [-0.2, 0) is 9.59 Å². The molecule has 1 rings (SSSR count). The molecular weight excluding hydrogens is 204 g/mol. The largest absolute Gasteiger partial charge is 0.481 e. The number of nitrogens with one attached hydrogen (secondary N) is 1. The van der Waals surface area contributed by atoms with Crippen molar-refractivity contribution in [2.24, 2.45) is 0 Å². The summed E-state index contributed by atoms with van der Waals surface area (Å²) in [6.07, 6.45) is 1.44. The lowest BCUT2D eigenvalue weighted by Gasteiger charge is -2.12. The molecule has 1 aromatic rings. The monoisotopic (exact) mass is 214 g/mol. The summed E-state index contributed by atoms with van der Waals surface area (Å²) in [4.78, 5) is 25.9. The number of carbonyl (C=O) groups excluding carboxylic acids is 1. The van der Waals surface area contributed by atoms with Crippen LogP contribution in [0, 0.1) is 0 Å². The highest BCUT2D eigenvalue weighted by Gasteiger charge is 2.17. The summed E-state index contributed by atoms with van der Waals surface area (Å²) in [7, 11) is 0. The van der Waals surface area contributed by atoms with E-state index >= 15 is 0 Å². The summed E-state index contributed by atoms with van der Waals surface area (Å²) >= 11 is 1.33. The molecule has 0 aliphatic heterocycles. The minimum absolute atomic E-state index is 0.123. The third-order valence-electron chi connectivity index (χ3n) is 1.55. The quantitative estimate of drug-likeness (QED) is 0.776. The van der Waals surface area contributed by atoms with Gasteiger partial charge in [0.05, 0.1) is 18.0 Å². The minimum Gasteiger partial charge on any atom is -0.481 e. The van der Waals surface area contributed by atoms with Crippen molar-refractivity contribution in [3.63, 3.8) is 0 Å². The van der Waals surface area contributed by atoms with E-state index < -0.39 is 12.0 Å². The fourth-order valence-corrected chi connectivity index (χ4v) is 1.71. The molecule has 1 aromatic heterocycles. The van der Waals surface area contributed by atoms with E-state index in [1.54, 1.807) is 11.7 Å². The van der Waals surface area contributed by atoms with E-state index in [0.717, 1.165) is 4.88 Å². The molecule has 0 saturated carbocycles. The van der Waals surface area contributed by atoms with Crippen LogP contribution in [0.3, 0.4) is 0 Å². The standard InChI is InChI=1S/C8H10N2O3S/c1-5(11)10-6(2-8(12)13)7-3-9-4-14-7/h3-4,6H,2H2,1H3,(H,10,11)(H,12,13)/t6-/m0/s1. The fourth-order valence-electron chi connectivity index (χ4n) is 1.04. The van der Waals surface area contributed by atoms with Crippen molar-refractivity contribution >= 4 is 23.2 Å². The summed E-state index contributed by atoms with van der Waals surface area (Å²) in [6, 6.07) is -0.475. The van der Waals surface area contributed by atoms with Gasteiger partial charge in [0, 0.05) is 18.0 Å². The van der Waals surface area contributed by atoms with Gasteiger partial charge in [0.2, 0.25) is 5.91 Å². The van der Waals surface area contributed by atoms with Crippen molar-refractivity contribution in [2.75, 3.05) is 0 Å². The van der Waals surface area contributed by atoms with Crippen LogP contribution >= 0.6 is 11.3 Å². The number of hydrogen-bond donors (Lipinski definition) is 2. The van der Waals surface area contributed by atoms with Crippen molar-refractivity contribution in [2.45, 2.75) is 19.4 Å². The number of carbonyl (C=O) groups is 2. The van der Waals surface area contributed by atoms with Crippen LogP contribution in [0.5, 0.6) is 0 Å². The Balaban J connectivity index is 2.71. The number of aliphatic carboxylic acids is 1. The highest BCUT2D eigenvalue weighted by Crippen LogP contribution is 2.20. The summed E-state index contributed by atoms with van der Waals surface area (Å²) in [6.45, 7) is 1.36. The predicted molar refractivity (Wildman–Crippen MR) is 50.9 cm³/mol. The van der Waals surface area contributed by atoms with Crippen LogP contribution < -0.4 is 5.32 Å². The lowest BCUT2D eigenvalue weighted by Crippen LogP contribution is -2.27. The topological polar surface area (TPSA) is 79.3 Å². The first-order valence-electron chi connectivity index (χ1n) is 3.97. The van der Waals surface area contributed by atoms with Gasteiger partial charge in [-0.15, -0.1) is 11.3 Å². The number of carboxylic acids is 1. The van der Waals surface area contributed by atoms with Crippen molar-refractivity contribution in [1.29, 1.82) is 0 Å². The molecule has 1 atom stereocenters. The summed E-state index contributed by atoms with van der Waals surface area (Å²) in [5.74, 6) is -1.19. The Morgan fingerprint density at radius 1 is 1.71 bits per heavy atom. The van der Waals surface area contributed by atoms with Crippen LogP contribution in [0.4, 0.5) is 0 Å². The van der Waals surface area contributed by atoms with E-state index in [9.17, 15) is 9.59 Å². The Bertz CT molecular complexity index is 307. The van der Waals surface area contributed by atoms with Crippen LogP contribution in [0.2, 0.25) is 0 Å². The second-order valence-corrected chi connectivity index (χ2v) is 3.67.